The zero-order valence-electron chi connectivity index (χ0n) is 17.3. The zero-order chi connectivity index (χ0) is 22.6. The zero-order valence-corrected chi connectivity index (χ0v) is 17.3. The predicted molar refractivity (Wildman–Crippen MR) is 97.4 cm³/mol. The minimum absolute atomic E-state index is 0.137. The fourth-order valence-electron chi connectivity index (χ4n) is 3.13. The maximum absolute atomic E-state index is 12.6. The highest BCUT2D eigenvalue weighted by Gasteiger charge is 2.52. The minimum atomic E-state index is -1.30. The van der Waals surface area contributed by atoms with Crippen molar-refractivity contribution >= 4 is 17.9 Å². The van der Waals surface area contributed by atoms with Crippen molar-refractivity contribution in [2.24, 2.45) is 7.05 Å². The molecule has 1 saturated heterocycles. The molecule has 0 aromatic carbocycles. The van der Waals surface area contributed by atoms with Gasteiger partial charge in [0.2, 0.25) is 0 Å². The first-order valence-electron chi connectivity index (χ1n) is 9.19. The van der Waals surface area contributed by atoms with E-state index in [1.165, 1.54) is 14.0 Å². The van der Waals surface area contributed by atoms with E-state index in [2.05, 4.69) is 5.10 Å². The molecule has 0 spiro atoms. The van der Waals surface area contributed by atoms with Gasteiger partial charge in [0, 0.05) is 34.4 Å². The third-order valence-electron chi connectivity index (χ3n) is 4.31. The molecule has 1 aromatic rings. The summed E-state index contributed by atoms with van der Waals surface area (Å²) in [5.74, 6) is -2.07. The van der Waals surface area contributed by atoms with Gasteiger partial charge in [0.1, 0.15) is 18.8 Å². The highest BCUT2D eigenvalue weighted by Crippen LogP contribution is 2.34. The van der Waals surface area contributed by atoms with Crippen LogP contribution in [0, 0.1) is 0 Å². The number of carbonyl (C=O) groups excluding carboxylic acids is 3. The third-order valence-corrected chi connectivity index (χ3v) is 4.31. The molecule has 2 rings (SSSR count). The Labute approximate surface area is 170 Å². The summed E-state index contributed by atoms with van der Waals surface area (Å²) in [6.07, 6.45) is -4.83. The van der Waals surface area contributed by atoms with Crippen LogP contribution in [0.2, 0.25) is 0 Å². The van der Waals surface area contributed by atoms with E-state index in [9.17, 15) is 24.0 Å². The molecule has 5 atom stereocenters. The minimum Gasteiger partial charge on any atom is -0.463 e. The first kappa shape index (κ1) is 23.3. The SMILES string of the molecule is CCO[C@H]1O[C@H](COC(C)=O)[C@@H](OC(C)=O)[C@H](OC(C)=O)[C@@H]1n1[nH]c(=O)n(C)c1=O. The van der Waals surface area contributed by atoms with Gasteiger partial charge in [-0.05, 0) is 6.92 Å². The number of ether oxygens (including phenoxy) is 5. The standard InChI is InChI=1S/C17H25N3O10/c1-6-26-15-12(20-17(25)19(5)16(24)18-20)14(29-10(4)23)13(28-9(3)22)11(30-15)7-27-8(2)21/h11-15H,6-7H2,1-5H3,(H,18,24)/t11-,12+,13-,14-,15+/m1/s1. The summed E-state index contributed by atoms with van der Waals surface area (Å²) in [5, 5.41) is 2.35. The molecule has 0 unspecified atom stereocenters. The summed E-state index contributed by atoms with van der Waals surface area (Å²) < 4.78 is 28.8. The Balaban J connectivity index is 2.59. The second kappa shape index (κ2) is 9.71. The molecule has 1 N–H and O–H groups in total. The van der Waals surface area contributed by atoms with Gasteiger partial charge in [-0.3, -0.25) is 14.4 Å². The quantitative estimate of drug-likeness (QED) is 0.402. The van der Waals surface area contributed by atoms with Crippen LogP contribution < -0.4 is 11.4 Å². The van der Waals surface area contributed by atoms with Crippen LogP contribution in [-0.2, 0) is 45.1 Å². The first-order chi connectivity index (χ1) is 14.1. The molecule has 2 heterocycles. The molecule has 1 aliphatic heterocycles. The fourth-order valence-corrected chi connectivity index (χ4v) is 3.13. The largest absolute Gasteiger partial charge is 0.463 e. The van der Waals surface area contributed by atoms with Gasteiger partial charge in [0.15, 0.2) is 18.5 Å². The van der Waals surface area contributed by atoms with Gasteiger partial charge in [-0.15, -0.1) is 0 Å². The monoisotopic (exact) mass is 431 g/mol. The van der Waals surface area contributed by atoms with E-state index < -0.39 is 59.9 Å². The van der Waals surface area contributed by atoms with Crippen LogP contribution in [-0.4, -0.2) is 70.1 Å². The lowest BCUT2D eigenvalue weighted by Crippen LogP contribution is -2.60. The second-order valence-electron chi connectivity index (χ2n) is 6.57. The van der Waals surface area contributed by atoms with Gasteiger partial charge in [0.05, 0.1) is 0 Å². The molecule has 30 heavy (non-hydrogen) atoms. The van der Waals surface area contributed by atoms with Gasteiger partial charge in [0.25, 0.3) is 0 Å². The van der Waals surface area contributed by atoms with Crippen molar-refractivity contribution in [3.05, 3.63) is 21.0 Å². The number of H-pyrrole nitrogens is 1. The van der Waals surface area contributed by atoms with Crippen LogP contribution in [0.1, 0.15) is 33.7 Å². The third kappa shape index (κ3) is 5.16. The van der Waals surface area contributed by atoms with Crippen molar-refractivity contribution in [2.45, 2.75) is 58.3 Å². The fraction of sp³-hybridized carbons (Fsp3) is 0.706. The van der Waals surface area contributed by atoms with E-state index in [1.54, 1.807) is 6.92 Å². The molecular formula is C17H25N3O10. The molecule has 0 saturated carbocycles. The molecule has 1 aliphatic rings. The molecule has 13 nitrogen and oxygen atoms in total. The Kier molecular flexibility index (Phi) is 7.56. The number of nitrogens with zero attached hydrogens (tertiary/aromatic N) is 2. The van der Waals surface area contributed by atoms with Crippen molar-refractivity contribution in [1.82, 2.24) is 14.3 Å². The number of aromatic amines is 1. The topological polar surface area (TPSA) is 157 Å². The molecule has 1 fully saturated rings. The molecule has 168 valence electrons. The van der Waals surface area contributed by atoms with Crippen molar-refractivity contribution in [3.63, 3.8) is 0 Å². The van der Waals surface area contributed by atoms with E-state index in [0.29, 0.717) is 0 Å². The first-order valence-corrected chi connectivity index (χ1v) is 9.19. The lowest BCUT2D eigenvalue weighted by molar-refractivity contribution is -0.287. The van der Waals surface area contributed by atoms with Crippen LogP contribution >= 0.6 is 0 Å². The van der Waals surface area contributed by atoms with Gasteiger partial charge < -0.3 is 23.7 Å². The maximum Gasteiger partial charge on any atom is 0.347 e. The Morgan fingerprint density at radius 2 is 1.63 bits per heavy atom. The average Bonchev–Trinajstić information content (AvgIpc) is 2.89. The van der Waals surface area contributed by atoms with Gasteiger partial charge in [-0.2, -0.15) is 0 Å². The lowest BCUT2D eigenvalue weighted by atomic mass is 9.96. The highest BCUT2D eigenvalue weighted by molar-refractivity contribution is 5.67. The summed E-state index contributed by atoms with van der Waals surface area (Å²) in [6, 6.07) is -1.20. The summed E-state index contributed by atoms with van der Waals surface area (Å²) in [4.78, 5) is 59.3. The number of hydrogen-bond donors (Lipinski definition) is 1. The maximum atomic E-state index is 12.6. The number of rotatable bonds is 7. The van der Waals surface area contributed by atoms with Crippen LogP contribution in [0.3, 0.4) is 0 Å². The van der Waals surface area contributed by atoms with Gasteiger partial charge >= 0.3 is 29.3 Å². The number of carbonyl (C=O) groups is 3. The molecule has 0 radical (unpaired) electrons. The molecule has 0 amide bonds. The van der Waals surface area contributed by atoms with Crippen LogP contribution in [0.4, 0.5) is 0 Å². The van der Waals surface area contributed by atoms with Crippen LogP contribution in [0.15, 0.2) is 9.59 Å². The normalized spacial score (nSPS) is 26.1. The summed E-state index contributed by atoms with van der Waals surface area (Å²) in [6.45, 7) is 4.92. The summed E-state index contributed by atoms with van der Waals surface area (Å²) in [5.41, 5.74) is -1.47. The smallest absolute Gasteiger partial charge is 0.347 e. The Morgan fingerprint density at radius 1 is 1.03 bits per heavy atom. The lowest BCUT2D eigenvalue weighted by Gasteiger charge is -2.44. The van der Waals surface area contributed by atoms with E-state index in [-0.39, 0.29) is 13.2 Å². The van der Waals surface area contributed by atoms with E-state index >= 15 is 0 Å². The number of nitrogens with one attached hydrogen (secondary N) is 1. The van der Waals surface area contributed by atoms with E-state index in [0.717, 1.165) is 23.1 Å². The van der Waals surface area contributed by atoms with Gasteiger partial charge in [-0.1, -0.05) is 0 Å². The van der Waals surface area contributed by atoms with Crippen LogP contribution in [0.5, 0.6) is 0 Å². The van der Waals surface area contributed by atoms with Crippen molar-refractivity contribution in [1.29, 1.82) is 0 Å². The van der Waals surface area contributed by atoms with E-state index in [1.807, 2.05) is 0 Å². The Morgan fingerprint density at radius 3 is 2.10 bits per heavy atom. The van der Waals surface area contributed by atoms with Gasteiger partial charge in [-0.25, -0.2) is 23.9 Å². The summed E-state index contributed by atoms with van der Waals surface area (Å²) in [7, 11) is 1.25. The molecule has 0 bridgehead atoms. The predicted octanol–water partition coefficient (Wildman–Crippen LogP) is -1.40. The molecule has 0 aliphatic carbocycles. The van der Waals surface area contributed by atoms with Crippen molar-refractivity contribution in [3.8, 4) is 0 Å². The van der Waals surface area contributed by atoms with Crippen LogP contribution in [0.25, 0.3) is 0 Å². The second-order valence-corrected chi connectivity index (χ2v) is 6.57. The molecule has 13 heteroatoms. The van der Waals surface area contributed by atoms with E-state index in [4.69, 9.17) is 23.7 Å². The highest BCUT2D eigenvalue weighted by atomic mass is 16.7. The molecular weight excluding hydrogens is 406 g/mol. The number of aromatic nitrogens is 3. The number of hydrogen-bond acceptors (Lipinski definition) is 10. The van der Waals surface area contributed by atoms with Crippen molar-refractivity contribution < 1.29 is 38.1 Å². The van der Waals surface area contributed by atoms with Crippen molar-refractivity contribution in [2.75, 3.05) is 13.2 Å². The number of esters is 3. The summed E-state index contributed by atoms with van der Waals surface area (Å²) >= 11 is 0. The molecule has 1 aromatic heterocycles. The Bertz CT molecular complexity index is 900. The Hall–Kier alpha value is -2.93. The average molecular weight is 431 g/mol.